The van der Waals surface area contributed by atoms with E-state index >= 15 is 0 Å². The summed E-state index contributed by atoms with van der Waals surface area (Å²) in [6, 6.07) is 7.59. The van der Waals surface area contributed by atoms with Crippen molar-refractivity contribution in [2.75, 3.05) is 24.7 Å². The van der Waals surface area contributed by atoms with Crippen LogP contribution in [0.2, 0.25) is 0 Å². The maximum atomic E-state index is 11.6. The first-order valence-corrected chi connectivity index (χ1v) is 7.54. The molecule has 0 unspecified atom stereocenters. The van der Waals surface area contributed by atoms with Gasteiger partial charge in [-0.15, -0.1) is 11.8 Å². The molecule has 0 spiro atoms. The number of amides is 1. The lowest BCUT2D eigenvalue weighted by molar-refractivity contribution is -0.137. The zero-order valence-corrected chi connectivity index (χ0v) is 12.4. The number of hydrogen-bond acceptors (Lipinski definition) is 5. The van der Waals surface area contributed by atoms with Crippen LogP contribution in [-0.2, 0) is 20.1 Å². The highest BCUT2D eigenvalue weighted by Gasteiger charge is 2.04. The Morgan fingerprint density at radius 3 is 2.90 bits per heavy atom. The van der Waals surface area contributed by atoms with E-state index in [4.69, 9.17) is 5.73 Å². The third-order valence-electron chi connectivity index (χ3n) is 2.54. The predicted molar refractivity (Wildman–Crippen MR) is 81.5 cm³/mol. The van der Waals surface area contributed by atoms with Crippen molar-refractivity contribution in [1.82, 2.24) is 0 Å². The van der Waals surface area contributed by atoms with Crippen molar-refractivity contribution in [1.29, 1.82) is 0 Å². The van der Waals surface area contributed by atoms with Crippen LogP contribution >= 0.6 is 11.8 Å². The Balaban J connectivity index is 2.44. The number of carbonyl (C=O) groups excluding carboxylic acids is 2. The molecule has 1 aromatic rings. The first-order chi connectivity index (χ1) is 9.65. The second-order valence-electron chi connectivity index (χ2n) is 4.21. The van der Waals surface area contributed by atoms with Crippen molar-refractivity contribution in [3.63, 3.8) is 0 Å². The summed E-state index contributed by atoms with van der Waals surface area (Å²) >= 11 is 1.48. The number of anilines is 1. The molecule has 0 saturated heterocycles. The molecule has 0 heterocycles. The summed E-state index contributed by atoms with van der Waals surface area (Å²) in [7, 11) is 1.38. The molecule has 5 nitrogen and oxygen atoms in total. The van der Waals surface area contributed by atoms with Crippen LogP contribution in [0, 0.1) is 0 Å². The summed E-state index contributed by atoms with van der Waals surface area (Å²) in [5.41, 5.74) is 7.18. The number of rotatable bonds is 8. The van der Waals surface area contributed by atoms with Gasteiger partial charge in [-0.05, 0) is 30.7 Å². The summed E-state index contributed by atoms with van der Waals surface area (Å²) in [6.07, 6.45) is 1.11. The van der Waals surface area contributed by atoms with Crippen LogP contribution in [0.25, 0.3) is 0 Å². The van der Waals surface area contributed by atoms with Gasteiger partial charge >= 0.3 is 5.97 Å². The number of hydrogen-bond donors (Lipinski definition) is 2. The third-order valence-corrected chi connectivity index (χ3v) is 3.51. The Morgan fingerprint density at radius 2 is 2.20 bits per heavy atom. The summed E-state index contributed by atoms with van der Waals surface area (Å²) in [6.45, 7) is 0.512. The van der Waals surface area contributed by atoms with Crippen molar-refractivity contribution < 1.29 is 14.3 Å². The van der Waals surface area contributed by atoms with Crippen LogP contribution in [0.4, 0.5) is 5.69 Å². The second kappa shape index (κ2) is 9.39. The van der Waals surface area contributed by atoms with Crippen molar-refractivity contribution in [3.05, 3.63) is 29.8 Å². The molecule has 0 aliphatic rings. The lowest BCUT2D eigenvalue weighted by Gasteiger charge is -2.07. The van der Waals surface area contributed by atoms with Crippen LogP contribution in [0.3, 0.4) is 0 Å². The van der Waals surface area contributed by atoms with Crippen molar-refractivity contribution in [2.45, 2.75) is 18.6 Å². The van der Waals surface area contributed by atoms with Gasteiger partial charge in [0.1, 0.15) is 0 Å². The number of carbonyl (C=O) groups is 2. The molecule has 110 valence electrons. The van der Waals surface area contributed by atoms with E-state index in [1.54, 1.807) is 0 Å². The Kier molecular flexibility index (Phi) is 7.75. The van der Waals surface area contributed by atoms with Gasteiger partial charge in [-0.1, -0.05) is 12.1 Å². The normalized spacial score (nSPS) is 10.1. The smallest absolute Gasteiger partial charge is 0.315 e. The number of benzene rings is 1. The molecule has 3 N–H and O–H groups in total. The van der Waals surface area contributed by atoms with Crippen molar-refractivity contribution in [3.8, 4) is 0 Å². The number of thioether (sulfide) groups is 1. The van der Waals surface area contributed by atoms with Crippen LogP contribution in [0.5, 0.6) is 0 Å². The molecule has 6 heteroatoms. The first-order valence-electron chi connectivity index (χ1n) is 6.39. The SMILES string of the molecule is COC(=O)CSCc1cccc(NC(=O)CCCN)c1. The molecule has 0 bridgehead atoms. The molecule has 0 aliphatic heterocycles. The molecule has 1 rings (SSSR count). The van der Waals surface area contributed by atoms with Gasteiger partial charge in [0.05, 0.1) is 12.9 Å². The fourth-order valence-electron chi connectivity index (χ4n) is 1.54. The molecule has 20 heavy (non-hydrogen) atoms. The Labute approximate surface area is 123 Å². The van der Waals surface area contributed by atoms with E-state index in [1.807, 2.05) is 24.3 Å². The van der Waals surface area contributed by atoms with Gasteiger partial charge in [0, 0.05) is 17.9 Å². The zero-order valence-electron chi connectivity index (χ0n) is 11.6. The van der Waals surface area contributed by atoms with E-state index in [9.17, 15) is 9.59 Å². The number of esters is 1. The third kappa shape index (κ3) is 6.58. The highest BCUT2D eigenvalue weighted by Crippen LogP contribution is 2.17. The van der Waals surface area contributed by atoms with Gasteiger partial charge in [0.15, 0.2) is 0 Å². The molecule has 0 aliphatic carbocycles. The minimum Gasteiger partial charge on any atom is -0.468 e. The van der Waals surface area contributed by atoms with E-state index < -0.39 is 0 Å². The van der Waals surface area contributed by atoms with Crippen molar-refractivity contribution >= 4 is 29.3 Å². The summed E-state index contributed by atoms with van der Waals surface area (Å²) in [4.78, 5) is 22.6. The van der Waals surface area contributed by atoms with E-state index in [-0.39, 0.29) is 11.9 Å². The summed E-state index contributed by atoms with van der Waals surface area (Å²) in [5, 5.41) is 2.83. The molecule has 0 radical (unpaired) electrons. The molecule has 1 aromatic carbocycles. The van der Waals surface area contributed by atoms with Gasteiger partial charge in [-0.25, -0.2) is 0 Å². The Hall–Kier alpha value is -1.53. The molecule has 1 amide bonds. The number of nitrogens with two attached hydrogens (primary N) is 1. The molecule has 0 saturated carbocycles. The van der Waals surface area contributed by atoms with Crippen LogP contribution < -0.4 is 11.1 Å². The van der Waals surface area contributed by atoms with E-state index in [1.165, 1.54) is 18.9 Å². The topological polar surface area (TPSA) is 81.4 Å². The Morgan fingerprint density at radius 1 is 1.40 bits per heavy atom. The van der Waals surface area contributed by atoms with Gasteiger partial charge in [-0.3, -0.25) is 9.59 Å². The van der Waals surface area contributed by atoms with E-state index in [0.717, 1.165) is 11.3 Å². The minimum absolute atomic E-state index is 0.0326. The van der Waals surface area contributed by atoms with Crippen LogP contribution in [-0.4, -0.2) is 31.3 Å². The Bertz CT molecular complexity index is 452. The number of nitrogens with one attached hydrogen (secondary N) is 1. The average molecular weight is 296 g/mol. The van der Waals surface area contributed by atoms with E-state index in [0.29, 0.717) is 30.9 Å². The van der Waals surface area contributed by atoms with Gasteiger partial charge in [-0.2, -0.15) is 0 Å². The fraction of sp³-hybridized carbons (Fsp3) is 0.429. The van der Waals surface area contributed by atoms with Crippen molar-refractivity contribution in [2.24, 2.45) is 5.73 Å². The van der Waals surface area contributed by atoms with Gasteiger partial charge in [0.25, 0.3) is 0 Å². The standard InChI is InChI=1S/C14H20N2O3S/c1-19-14(18)10-20-9-11-4-2-5-12(8-11)16-13(17)6-3-7-15/h2,4-5,8H,3,6-7,9-10,15H2,1H3,(H,16,17). The summed E-state index contributed by atoms with van der Waals surface area (Å²) in [5.74, 6) is 0.752. The zero-order chi connectivity index (χ0) is 14.8. The molecular weight excluding hydrogens is 276 g/mol. The average Bonchev–Trinajstić information content (AvgIpc) is 2.45. The van der Waals surface area contributed by atoms with Crippen LogP contribution in [0.1, 0.15) is 18.4 Å². The fourth-order valence-corrected chi connectivity index (χ4v) is 2.34. The predicted octanol–water partition coefficient (Wildman–Crippen LogP) is 1.77. The van der Waals surface area contributed by atoms with Crippen LogP contribution in [0.15, 0.2) is 24.3 Å². The second-order valence-corrected chi connectivity index (χ2v) is 5.20. The van der Waals surface area contributed by atoms with E-state index in [2.05, 4.69) is 10.1 Å². The molecular formula is C14H20N2O3S. The van der Waals surface area contributed by atoms with Gasteiger partial charge in [0.2, 0.25) is 5.91 Å². The lowest BCUT2D eigenvalue weighted by atomic mass is 10.2. The lowest BCUT2D eigenvalue weighted by Crippen LogP contribution is -2.13. The highest BCUT2D eigenvalue weighted by molar-refractivity contribution is 7.99. The minimum atomic E-state index is -0.235. The maximum Gasteiger partial charge on any atom is 0.315 e. The molecule has 0 aromatic heterocycles. The quantitative estimate of drug-likeness (QED) is 0.715. The molecule has 0 atom stereocenters. The monoisotopic (exact) mass is 296 g/mol. The number of ether oxygens (including phenoxy) is 1. The number of methoxy groups -OCH3 is 1. The molecule has 0 fully saturated rings. The summed E-state index contributed by atoms with van der Waals surface area (Å²) < 4.78 is 4.58. The van der Waals surface area contributed by atoms with Gasteiger partial charge < -0.3 is 15.8 Å². The largest absolute Gasteiger partial charge is 0.468 e. The maximum absolute atomic E-state index is 11.6. The highest BCUT2D eigenvalue weighted by atomic mass is 32.2. The first kappa shape index (κ1) is 16.5.